The number of nitrogens with zero attached hydrogens (tertiary/aromatic N) is 1. The average Bonchev–Trinajstić information content (AvgIpc) is 3.09. The number of carboxylic acid groups (broad SMARTS) is 1. The molecule has 26 heavy (non-hydrogen) atoms. The first-order valence-corrected chi connectivity index (χ1v) is 8.19. The van der Waals surface area contributed by atoms with Gasteiger partial charge in [0.25, 0.3) is 5.91 Å². The zero-order valence-corrected chi connectivity index (χ0v) is 14.6. The van der Waals surface area contributed by atoms with Crippen LogP contribution in [0.1, 0.15) is 22.8 Å². The molecule has 0 radical (unpaired) electrons. The van der Waals surface area contributed by atoms with Crippen molar-refractivity contribution < 1.29 is 24.2 Å². The predicted octanol–water partition coefficient (Wildman–Crippen LogP) is 1.90. The molecule has 1 amide bonds. The second kappa shape index (κ2) is 7.13. The van der Waals surface area contributed by atoms with Crippen molar-refractivity contribution in [1.82, 2.24) is 10.3 Å². The van der Waals surface area contributed by atoms with Gasteiger partial charge in [0.2, 0.25) is 0 Å². The molecule has 0 aliphatic carbocycles. The van der Waals surface area contributed by atoms with Crippen molar-refractivity contribution in [2.24, 2.45) is 0 Å². The minimum absolute atomic E-state index is 0.147. The van der Waals surface area contributed by atoms with Crippen LogP contribution < -0.4 is 10.1 Å². The van der Waals surface area contributed by atoms with Gasteiger partial charge < -0.3 is 19.9 Å². The molecule has 2 aromatic rings. The molecule has 3 rings (SSSR count). The topological polar surface area (TPSA) is 97.8 Å². The Morgan fingerprint density at radius 3 is 2.85 bits per heavy atom. The van der Waals surface area contributed by atoms with E-state index in [1.54, 1.807) is 12.3 Å². The number of carboxylic acids is 1. The van der Waals surface area contributed by atoms with E-state index in [4.69, 9.17) is 9.47 Å². The number of methoxy groups -OCH3 is 1. The van der Waals surface area contributed by atoms with E-state index in [1.165, 1.54) is 20.2 Å². The van der Waals surface area contributed by atoms with E-state index < -0.39 is 17.4 Å². The van der Waals surface area contributed by atoms with Crippen LogP contribution in [0.4, 0.5) is 0 Å². The number of rotatable bonds is 6. The third-order valence-corrected chi connectivity index (χ3v) is 4.32. The first-order chi connectivity index (χ1) is 12.4. The van der Waals surface area contributed by atoms with Crippen molar-refractivity contribution in [3.8, 4) is 16.9 Å². The highest BCUT2D eigenvalue weighted by Crippen LogP contribution is 2.30. The first kappa shape index (κ1) is 17.9. The number of aromatic nitrogens is 1. The fourth-order valence-electron chi connectivity index (χ4n) is 2.85. The maximum absolute atomic E-state index is 12.5. The van der Waals surface area contributed by atoms with Gasteiger partial charge in [-0.3, -0.25) is 9.78 Å². The Kier molecular flexibility index (Phi) is 4.90. The molecule has 1 aromatic carbocycles. The minimum atomic E-state index is -1.52. The number of hydrogen-bond acceptors (Lipinski definition) is 5. The van der Waals surface area contributed by atoms with Crippen LogP contribution in [0.3, 0.4) is 0 Å². The van der Waals surface area contributed by atoms with Crippen molar-refractivity contribution in [3.05, 3.63) is 47.8 Å². The molecule has 0 saturated heterocycles. The summed E-state index contributed by atoms with van der Waals surface area (Å²) in [4.78, 5) is 28.1. The quantitative estimate of drug-likeness (QED) is 0.820. The fourth-order valence-corrected chi connectivity index (χ4v) is 2.85. The van der Waals surface area contributed by atoms with Crippen LogP contribution in [0, 0.1) is 0 Å². The third kappa shape index (κ3) is 3.52. The summed E-state index contributed by atoms with van der Waals surface area (Å²) in [6.45, 7) is 1.92. The Labute approximate surface area is 151 Å². The highest BCUT2D eigenvalue weighted by atomic mass is 16.5. The van der Waals surface area contributed by atoms with Crippen LogP contribution in [0.5, 0.6) is 5.75 Å². The fraction of sp³-hybridized carbons (Fsp3) is 0.316. The van der Waals surface area contributed by atoms with Crippen LogP contribution in [0.2, 0.25) is 0 Å². The Morgan fingerprint density at radius 1 is 1.31 bits per heavy atom. The van der Waals surface area contributed by atoms with Gasteiger partial charge in [0.05, 0.1) is 18.8 Å². The Bertz CT molecular complexity index is 852. The van der Waals surface area contributed by atoms with Gasteiger partial charge >= 0.3 is 5.97 Å². The van der Waals surface area contributed by atoms with E-state index in [2.05, 4.69) is 10.3 Å². The lowest BCUT2D eigenvalue weighted by Crippen LogP contribution is -2.55. The van der Waals surface area contributed by atoms with Gasteiger partial charge in [0.15, 0.2) is 5.54 Å². The van der Waals surface area contributed by atoms with Gasteiger partial charge in [0.1, 0.15) is 5.75 Å². The number of hydrogen-bond donors (Lipinski definition) is 2. The van der Waals surface area contributed by atoms with Gasteiger partial charge in [-0.1, -0.05) is 6.07 Å². The highest BCUT2D eigenvalue weighted by molar-refractivity contribution is 5.98. The SMILES string of the molecule is COCC(C)(NC(=O)c1cncc(-c2ccc3c(c2)CCO3)c1)C(=O)O. The lowest BCUT2D eigenvalue weighted by molar-refractivity contribution is -0.145. The van der Waals surface area contributed by atoms with Gasteiger partial charge in [-0.2, -0.15) is 0 Å². The molecule has 1 aliphatic rings. The van der Waals surface area contributed by atoms with Crippen LogP contribution in [-0.4, -0.2) is 47.8 Å². The summed E-state index contributed by atoms with van der Waals surface area (Å²) in [7, 11) is 1.38. The van der Waals surface area contributed by atoms with Crippen LogP contribution in [0.15, 0.2) is 36.7 Å². The van der Waals surface area contributed by atoms with E-state index in [1.807, 2.05) is 18.2 Å². The average molecular weight is 356 g/mol. The van der Waals surface area contributed by atoms with E-state index in [0.717, 1.165) is 28.9 Å². The van der Waals surface area contributed by atoms with E-state index in [-0.39, 0.29) is 12.2 Å². The van der Waals surface area contributed by atoms with E-state index in [0.29, 0.717) is 6.61 Å². The van der Waals surface area contributed by atoms with Gasteiger partial charge in [0, 0.05) is 31.5 Å². The standard InChI is InChI=1S/C19H20N2O5/c1-19(11-25-2,18(23)24)21-17(22)15-8-14(9-20-10-15)12-3-4-16-13(7-12)5-6-26-16/h3-4,7-10H,5-6,11H2,1-2H3,(H,21,22)(H,23,24). The van der Waals surface area contributed by atoms with Gasteiger partial charge in [-0.15, -0.1) is 0 Å². The smallest absolute Gasteiger partial charge is 0.331 e. The van der Waals surface area contributed by atoms with Gasteiger partial charge in [-0.25, -0.2) is 4.79 Å². The molecule has 0 fully saturated rings. The summed E-state index contributed by atoms with van der Waals surface area (Å²) >= 11 is 0. The summed E-state index contributed by atoms with van der Waals surface area (Å²) < 4.78 is 10.4. The highest BCUT2D eigenvalue weighted by Gasteiger charge is 2.35. The summed E-state index contributed by atoms with van der Waals surface area (Å²) in [6, 6.07) is 7.53. The number of benzene rings is 1. The van der Waals surface area contributed by atoms with Gasteiger partial charge in [-0.05, 0) is 36.2 Å². The zero-order valence-electron chi connectivity index (χ0n) is 14.6. The predicted molar refractivity (Wildman–Crippen MR) is 94.3 cm³/mol. The summed E-state index contributed by atoms with van der Waals surface area (Å²) in [5.74, 6) is -0.811. The molecule has 7 heteroatoms. The Morgan fingerprint density at radius 2 is 2.12 bits per heavy atom. The van der Waals surface area contributed by atoms with Crippen molar-refractivity contribution >= 4 is 11.9 Å². The summed E-state index contributed by atoms with van der Waals surface area (Å²) in [6.07, 6.45) is 3.93. The van der Waals surface area contributed by atoms with Crippen molar-refractivity contribution in [1.29, 1.82) is 0 Å². The molecule has 0 bridgehead atoms. The molecule has 136 valence electrons. The molecule has 2 heterocycles. The monoisotopic (exact) mass is 356 g/mol. The third-order valence-electron chi connectivity index (χ3n) is 4.32. The van der Waals surface area contributed by atoms with Crippen LogP contribution in [0.25, 0.3) is 11.1 Å². The molecule has 7 nitrogen and oxygen atoms in total. The molecular formula is C19H20N2O5. The minimum Gasteiger partial charge on any atom is -0.493 e. The number of nitrogens with one attached hydrogen (secondary N) is 1. The number of pyridine rings is 1. The second-order valence-electron chi connectivity index (χ2n) is 6.41. The van der Waals surface area contributed by atoms with E-state index in [9.17, 15) is 14.7 Å². The maximum Gasteiger partial charge on any atom is 0.331 e. The number of amides is 1. The van der Waals surface area contributed by atoms with Crippen molar-refractivity contribution in [2.45, 2.75) is 18.9 Å². The second-order valence-corrected chi connectivity index (χ2v) is 6.41. The summed E-state index contributed by atoms with van der Waals surface area (Å²) in [5.41, 5.74) is 1.58. The largest absolute Gasteiger partial charge is 0.493 e. The lowest BCUT2D eigenvalue weighted by atomic mass is 10.0. The summed E-state index contributed by atoms with van der Waals surface area (Å²) in [5, 5.41) is 11.9. The number of carbonyl (C=O) groups excluding carboxylic acids is 1. The maximum atomic E-state index is 12.5. The number of aliphatic carboxylic acids is 1. The molecule has 0 saturated carbocycles. The van der Waals surface area contributed by atoms with Crippen molar-refractivity contribution in [3.63, 3.8) is 0 Å². The number of ether oxygens (including phenoxy) is 2. The van der Waals surface area contributed by atoms with Crippen LogP contribution >= 0.6 is 0 Å². The number of fused-ring (bicyclic) bond motifs is 1. The molecule has 1 aliphatic heterocycles. The first-order valence-electron chi connectivity index (χ1n) is 8.19. The number of carbonyl (C=O) groups is 2. The molecule has 1 unspecified atom stereocenters. The molecule has 1 atom stereocenters. The lowest BCUT2D eigenvalue weighted by Gasteiger charge is -2.25. The van der Waals surface area contributed by atoms with Crippen molar-refractivity contribution in [2.75, 3.05) is 20.3 Å². The van der Waals surface area contributed by atoms with E-state index >= 15 is 0 Å². The normalized spacial score (nSPS) is 14.8. The molecular weight excluding hydrogens is 336 g/mol. The molecule has 0 spiro atoms. The van der Waals surface area contributed by atoms with Crippen LogP contribution in [-0.2, 0) is 16.0 Å². The Hall–Kier alpha value is -2.93. The molecule has 2 N–H and O–H groups in total. The molecule has 1 aromatic heterocycles. The zero-order chi connectivity index (χ0) is 18.7. The Balaban J connectivity index is 1.85.